The van der Waals surface area contributed by atoms with Gasteiger partial charge in [-0.25, -0.2) is 0 Å². The topological polar surface area (TPSA) is 122 Å². The van der Waals surface area contributed by atoms with E-state index in [2.05, 4.69) is 0 Å². The molecule has 0 fully saturated rings. The summed E-state index contributed by atoms with van der Waals surface area (Å²) in [7, 11) is 0. The highest BCUT2D eigenvalue weighted by atomic mass is 16.7. The highest BCUT2D eigenvalue weighted by molar-refractivity contribution is 6.00. The standard InChI is InChI=1S/C25H28O9/c1-5-20(26)31-17-11-9-16(10-12-17)24(30)19-14-13-18(32-21(27)6-2)15-25(19,33-22(28)7-3)34-23(29)8-4/h9-15,19H,5-8H2,1-4H3. The molecule has 1 aromatic carbocycles. The van der Waals surface area contributed by atoms with Gasteiger partial charge in [0.1, 0.15) is 17.4 Å². The van der Waals surface area contributed by atoms with Crippen LogP contribution in [0.25, 0.3) is 0 Å². The Labute approximate surface area is 197 Å². The van der Waals surface area contributed by atoms with Crippen LogP contribution < -0.4 is 4.74 Å². The third kappa shape index (κ3) is 6.63. The Hall–Kier alpha value is -3.75. The molecule has 1 aliphatic carbocycles. The van der Waals surface area contributed by atoms with Crippen molar-refractivity contribution in [3.8, 4) is 5.75 Å². The van der Waals surface area contributed by atoms with Crippen LogP contribution in [0.1, 0.15) is 63.7 Å². The normalized spacial score (nSPS) is 16.1. The van der Waals surface area contributed by atoms with Crippen molar-refractivity contribution in [3.63, 3.8) is 0 Å². The molecule has 9 heteroatoms. The second kappa shape index (κ2) is 11.9. The molecule has 1 unspecified atom stereocenters. The summed E-state index contributed by atoms with van der Waals surface area (Å²) < 4.78 is 21.3. The first-order valence-corrected chi connectivity index (χ1v) is 11.1. The lowest BCUT2D eigenvalue weighted by Gasteiger charge is -2.36. The van der Waals surface area contributed by atoms with E-state index in [9.17, 15) is 24.0 Å². The SMILES string of the molecule is CCC(=O)OC1=CC(OC(=O)CC)(OC(=O)CC)C(C(=O)c2ccc(OC(=O)CC)cc2)C=C1. The summed E-state index contributed by atoms with van der Waals surface area (Å²) in [5.74, 6) is -6.14. The zero-order valence-corrected chi connectivity index (χ0v) is 19.6. The largest absolute Gasteiger partial charge is 0.427 e. The van der Waals surface area contributed by atoms with Gasteiger partial charge in [0, 0.05) is 37.3 Å². The first-order chi connectivity index (χ1) is 16.2. The fraction of sp³-hybridized carbons (Fsp3) is 0.400. The fourth-order valence-electron chi connectivity index (χ4n) is 2.98. The molecular weight excluding hydrogens is 444 g/mol. The minimum atomic E-state index is -2.15. The van der Waals surface area contributed by atoms with Crippen LogP contribution in [0.3, 0.4) is 0 Å². The number of carbonyl (C=O) groups excluding carboxylic acids is 5. The minimum absolute atomic E-state index is 0.0227. The summed E-state index contributed by atoms with van der Waals surface area (Å²) in [6.45, 7) is 6.35. The summed E-state index contributed by atoms with van der Waals surface area (Å²) in [5, 5.41) is 0. The van der Waals surface area contributed by atoms with Crippen LogP contribution >= 0.6 is 0 Å². The predicted molar refractivity (Wildman–Crippen MR) is 119 cm³/mol. The number of Topliss-reactive ketones (excluding diaryl/α,β-unsaturated/α-hetero) is 1. The summed E-state index contributed by atoms with van der Waals surface area (Å²) in [5.41, 5.74) is 0.192. The number of ether oxygens (including phenoxy) is 4. The predicted octanol–water partition coefficient (Wildman–Crippen LogP) is 3.81. The van der Waals surface area contributed by atoms with E-state index in [1.54, 1.807) is 27.7 Å². The molecule has 0 aliphatic heterocycles. The molecule has 0 heterocycles. The number of hydrogen-bond donors (Lipinski definition) is 0. The van der Waals surface area contributed by atoms with Gasteiger partial charge in [-0.05, 0) is 30.3 Å². The second-order valence-corrected chi connectivity index (χ2v) is 7.30. The molecule has 0 saturated heterocycles. The van der Waals surface area contributed by atoms with Crippen LogP contribution in [0.2, 0.25) is 0 Å². The fourth-order valence-corrected chi connectivity index (χ4v) is 2.98. The van der Waals surface area contributed by atoms with Crippen molar-refractivity contribution < 1.29 is 42.9 Å². The summed E-state index contributed by atoms with van der Waals surface area (Å²) in [4.78, 5) is 61.3. The quantitative estimate of drug-likeness (QED) is 0.216. The first kappa shape index (κ1) is 26.5. The number of carbonyl (C=O) groups is 5. The van der Waals surface area contributed by atoms with E-state index in [0.717, 1.165) is 6.08 Å². The van der Waals surface area contributed by atoms with Crippen LogP contribution in [-0.4, -0.2) is 35.4 Å². The van der Waals surface area contributed by atoms with Crippen molar-refractivity contribution in [1.29, 1.82) is 0 Å². The number of rotatable bonds is 10. The van der Waals surface area contributed by atoms with Gasteiger partial charge in [-0.1, -0.05) is 33.8 Å². The highest BCUT2D eigenvalue weighted by Gasteiger charge is 2.49. The smallest absolute Gasteiger partial charge is 0.310 e. The molecule has 0 bridgehead atoms. The molecule has 2 rings (SSSR count). The Morgan fingerprint density at radius 2 is 1.24 bits per heavy atom. The van der Waals surface area contributed by atoms with E-state index in [1.807, 2.05) is 0 Å². The molecular formula is C25H28O9. The van der Waals surface area contributed by atoms with Crippen LogP contribution in [0, 0.1) is 5.92 Å². The van der Waals surface area contributed by atoms with E-state index in [0.29, 0.717) is 0 Å². The van der Waals surface area contributed by atoms with Crippen LogP contribution in [-0.2, 0) is 33.4 Å². The molecule has 0 N–H and O–H groups in total. The van der Waals surface area contributed by atoms with Gasteiger partial charge < -0.3 is 18.9 Å². The second-order valence-electron chi connectivity index (χ2n) is 7.30. The highest BCUT2D eigenvalue weighted by Crippen LogP contribution is 2.36. The third-order valence-corrected chi connectivity index (χ3v) is 4.82. The van der Waals surface area contributed by atoms with E-state index in [1.165, 1.54) is 36.4 Å². The zero-order chi connectivity index (χ0) is 25.3. The van der Waals surface area contributed by atoms with Crippen molar-refractivity contribution in [3.05, 3.63) is 53.8 Å². The average Bonchev–Trinajstić information content (AvgIpc) is 2.83. The number of ketones is 1. The van der Waals surface area contributed by atoms with E-state index in [4.69, 9.17) is 18.9 Å². The maximum atomic E-state index is 13.5. The van der Waals surface area contributed by atoms with Crippen molar-refractivity contribution in [1.82, 2.24) is 0 Å². The van der Waals surface area contributed by atoms with Crippen LogP contribution in [0.5, 0.6) is 5.75 Å². The monoisotopic (exact) mass is 472 g/mol. The summed E-state index contributed by atoms with van der Waals surface area (Å²) >= 11 is 0. The lowest BCUT2D eigenvalue weighted by atomic mass is 9.85. The first-order valence-electron chi connectivity index (χ1n) is 11.1. The van der Waals surface area contributed by atoms with Gasteiger partial charge in [-0.2, -0.15) is 0 Å². The number of benzene rings is 1. The van der Waals surface area contributed by atoms with Gasteiger partial charge in [0.15, 0.2) is 5.78 Å². The van der Waals surface area contributed by atoms with Crippen molar-refractivity contribution in [2.75, 3.05) is 0 Å². The van der Waals surface area contributed by atoms with E-state index >= 15 is 0 Å². The van der Waals surface area contributed by atoms with E-state index in [-0.39, 0.29) is 42.8 Å². The maximum Gasteiger partial charge on any atom is 0.310 e. The molecule has 34 heavy (non-hydrogen) atoms. The van der Waals surface area contributed by atoms with Gasteiger partial charge >= 0.3 is 23.9 Å². The molecule has 1 atom stereocenters. The number of esters is 4. The average molecular weight is 472 g/mol. The van der Waals surface area contributed by atoms with Gasteiger partial charge in [-0.3, -0.25) is 24.0 Å². The molecule has 9 nitrogen and oxygen atoms in total. The Morgan fingerprint density at radius 1 is 0.735 bits per heavy atom. The Bertz CT molecular complexity index is 984. The van der Waals surface area contributed by atoms with Crippen molar-refractivity contribution in [2.45, 2.75) is 59.2 Å². The maximum absolute atomic E-state index is 13.5. The van der Waals surface area contributed by atoms with Gasteiger partial charge in [0.05, 0.1) is 0 Å². The van der Waals surface area contributed by atoms with Gasteiger partial charge in [-0.15, -0.1) is 0 Å². The molecule has 0 saturated carbocycles. The lowest BCUT2D eigenvalue weighted by Crippen LogP contribution is -2.49. The van der Waals surface area contributed by atoms with Crippen molar-refractivity contribution >= 4 is 29.7 Å². The molecule has 182 valence electrons. The lowest BCUT2D eigenvalue weighted by molar-refractivity contribution is -0.219. The summed E-state index contributed by atoms with van der Waals surface area (Å²) in [6.07, 6.45) is 4.07. The molecule has 1 aromatic rings. The van der Waals surface area contributed by atoms with Crippen LogP contribution in [0.15, 0.2) is 48.3 Å². The van der Waals surface area contributed by atoms with Crippen molar-refractivity contribution in [2.24, 2.45) is 5.92 Å². The third-order valence-electron chi connectivity index (χ3n) is 4.82. The Kier molecular flexibility index (Phi) is 9.29. The number of allylic oxidation sites excluding steroid dienone is 1. The molecule has 0 radical (unpaired) electrons. The summed E-state index contributed by atoms with van der Waals surface area (Å²) in [6, 6.07) is 5.79. The Morgan fingerprint density at radius 3 is 1.74 bits per heavy atom. The Balaban J connectivity index is 2.49. The minimum Gasteiger partial charge on any atom is -0.427 e. The molecule has 0 spiro atoms. The van der Waals surface area contributed by atoms with Crippen LogP contribution in [0.4, 0.5) is 0 Å². The van der Waals surface area contributed by atoms with Gasteiger partial charge in [0.25, 0.3) is 5.79 Å². The number of hydrogen-bond acceptors (Lipinski definition) is 9. The van der Waals surface area contributed by atoms with Gasteiger partial charge in [0.2, 0.25) is 0 Å². The zero-order valence-electron chi connectivity index (χ0n) is 19.6. The molecule has 0 amide bonds. The van der Waals surface area contributed by atoms with E-state index < -0.39 is 41.4 Å². The molecule has 0 aromatic heterocycles. The molecule has 1 aliphatic rings.